The van der Waals surface area contributed by atoms with Crippen LogP contribution >= 0.6 is 0 Å². The highest BCUT2D eigenvalue weighted by Crippen LogP contribution is 2.25. The van der Waals surface area contributed by atoms with Crippen LogP contribution in [0.2, 0.25) is 0 Å². The van der Waals surface area contributed by atoms with Crippen LogP contribution in [0, 0.1) is 20.8 Å². The van der Waals surface area contributed by atoms with E-state index in [0.29, 0.717) is 23.4 Å². The third-order valence-corrected chi connectivity index (χ3v) is 5.52. The molecule has 0 atom stereocenters. The van der Waals surface area contributed by atoms with Gasteiger partial charge in [0, 0.05) is 6.54 Å². The molecule has 0 spiro atoms. The average Bonchev–Trinajstić information content (AvgIpc) is 2.59. The van der Waals surface area contributed by atoms with Crippen molar-refractivity contribution in [2.75, 3.05) is 13.7 Å². The Morgan fingerprint density at radius 3 is 2.46 bits per heavy atom. The zero-order valence-corrected chi connectivity index (χ0v) is 16.2. The second-order valence-electron chi connectivity index (χ2n) is 6.18. The predicted octanol–water partition coefficient (Wildman–Crippen LogP) is 2.22. The lowest BCUT2D eigenvalue weighted by atomic mass is 10.1. The first kappa shape index (κ1) is 19.9. The van der Waals surface area contributed by atoms with Gasteiger partial charge in [-0.1, -0.05) is 29.8 Å². The van der Waals surface area contributed by atoms with Gasteiger partial charge in [-0.15, -0.1) is 0 Å². The molecule has 6 nitrogen and oxygen atoms in total. The van der Waals surface area contributed by atoms with Gasteiger partial charge in [0.05, 0.1) is 18.6 Å². The van der Waals surface area contributed by atoms with Gasteiger partial charge in [0.2, 0.25) is 15.9 Å². The lowest BCUT2D eigenvalue weighted by molar-refractivity contribution is -0.120. The Hall–Kier alpha value is -2.38. The van der Waals surface area contributed by atoms with Crippen molar-refractivity contribution in [1.82, 2.24) is 10.0 Å². The number of hydrogen-bond donors (Lipinski definition) is 2. The molecule has 0 fully saturated rings. The summed E-state index contributed by atoms with van der Waals surface area (Å²) in [6.45, 7) is 5.46. The molecular formula is C19H24N2O4S. The highest BCUT2D eigenvalue weighted by Gasteiger charge is 2.19. The SMILES string of the molecule is COc1cc(C)c(S(=O)(=O)NCC(=O)NCc2cccc(C)c2)cc1C. The number of sulfonamides is 1. The van der Waals surface area contributed by atoms with Crippen LogP contribution in [-0.2, 0) is 21.4 Å². The van der Waals surface area contributed by atoms with E-state index in [2.05, 4.69) is 10.0 Å². The maximum atomic E-state index is 12.5. The molecule has 0 aromatic heterocycles. The van der Waals surface area contributed by atoms with Gasteiger partial charge in [0.15, 0.2) is 0 Å². The smallest absolute Gasteiger partial charge is 0.241 e. The Kier molecular flexibility index (Phi) is 6.39. The fraction of sp³-hybridized carbons (Fsp3) is 0.316. The van der Waals surface area contributed by atoms with E-state index in [9.17, 15) is 13.2 Å². The lowest BCUT2D eigenvalue weighted by Gasteiger charge is -2.13. The van der Waals surface area contributed by atoms with Crippen molar-refractivity contribution in [3.63, 3.8) is 0 Å². The molecule has 140 valence electrons. The van der Waals surface area contributed by atoms with Crippen LogP contribution in [0.1, 0.15) is 22.3 Å². The van der Waals surface area contributed by atoms with E-state index in [1.165, 1.54) is 7.11 Å². The predicted molar refractivity (Wildman–Crippen MR) is 101 cm³/mol. The van der Waals surface area contributed by atoms with Crippen LogP contribution in [0.15, 0.2) is 41.3 Å². The van der Waals surface area contributed by atoms with Crippen molar-refractivity contribution in [3.8, 4) is 5.75 Å². The van der Waals surface area contributed by atoms with E-state index in [-0.39, 0.29) is 11.4 Å². The number of hydrogen-bond acceptors (Lipinski definition) is 4. The molecule has 0 bridgehead atoms. The number of methoxy groups -OCH3 is 1. The molecule has 0 aliphatic heterocycles. The summed E-state index contributed by atoms with van der Waals surface area (Å²) in [5.41, 5.74) is 3.33. The van der Waals surface area contributed by atoms with Gasteiger partial charge in [-0.2, -0.15) is 0 Å². The van der Waals surface area contributed by atoms with E-state index < -0.39 is 15.9 Å². The Bertz CT molecular complexity index is 908. The summed E-state index contributed by atoms with van der Waals surface area (Å²) in [6.07, 6.45) is 0. The Morgan fingerprint density at radius 2 is 1.81 bits per heavy atom. The summed E-state index contributed by atoms with van der Waals surface area (Å²) >= 11 is 0. The molecule has 0 saturated carbocycles. The van der Waals surface area contributed by atoms with Crippen molar-refractivity contribution in [1.29, 1.82) is 0 Å². The third kappa shape index (κ3) is 5.06. The van der Waals surface area contributed by atoms with E-state index in [4.69, 9.17) is 4.74 Å². The topological polar surface area (TPSA) is 84.5 Å². The largest absolute Gasteiger partial charge is 0.496 e. The van der Waals surface area contributed by atoms with E-state index in [1.54, 1.807) is 26.0 Å². The number of rotatable bonds is 7. The Morgan fingerprint density at radius 1 is 1.08 bits per heavy atom. The number of benzene rings is 2. The summed E-state index contributed by atoms with van der Waals surface area (Å²) in [5, 5.41) is 2.71. The van der Waals surface area contributed by atoms with Crippen molar-refractivity contribution >= 4 is 15.9 Å². The Balaban J connectivity index is 1.99. The maximum absolute atomic E-state index is 12.5. The van der Waals surface area contributed by atoms with Gasteiger partial charge in [0.1, 0.15) is 5.75 Å². The monoisotopic (exact) mass is 376 g/mol. The second-order valence-corrected chi connectivity index (χ2v) is 7.91. The number of carbonyl (C=O) groups is 1. The second kappa shape index (κ2) is 8.33. The minimum Gasteiger partial charge on any atom is -0.496 e. The quantitative estimate of drug-likeness (QED) is 0.776. The molecule has 0 heterocycles. The molecule has 0 saturated heterocycles. The van der Waals surface area contributed by atoms with Gasteiger partial charge < -0.3 is 10.1 Å². The molecule has 0 unspecified atom stereocenters. The summed E-state index contributed by atoms with van der Waals surface area (Å²) in [6, 6.07) is 11.0. The molecule has 0 radical (unpaired) electrons. The van der Waals surface area contributed by atoms with Crippen LogP contribution in [0.25, 0.3) is 0 Å². The molecule has 2 aromatic rings. The standard InChI is InChI=1S/C19H24N2O4S/c1-13-6-5-7-16(8-13)11-20-19(22)12-21-26(23,24)18-10-14(2)17(25-4)9-15(18)3/h5-10,21H,11-12H2,1-4H3,(H,20,22). The van der Waals surface area contributed by atoms with Crippen molar-refractivity contribution in [3.05, 3.63) is 58.7 Å². The summed E-state index contributed by atoms with van der Waals surface area (Å²) in [4.78, 5) is 12.1. The van der Waals surface area contributed by atoms with Crippen molar-refractivity contribution < 1.29 is 17.9 Å². The fourth-order valence-corrected chi connectivity index (χ4v) is 3.89. The van der Waals surface area contributed by atoms with Crippen LogP contribution in [0.3, 0.4) is 0 Å². The van der Waals surface area contributed by atoms with Crippen LogP contribution in [-0.4, -0.2) is 28.0 Å². The number of nitrogens with one attached hydrogen (secondary N) is 2. The van der Waals surface area contributed by atoms with Gasteiger partial charge >= 0.3 is 0 Å². The Labute approximate surface area is 154 Å². The number of amides is 1. The first-order valence-electron chi connectivity index (χ1n) is 8.20. The van der Waals surface area contributed by atoms with Crippen LogP contribution in [0.5, 0.6) is 5.75 Å². The van der Waals surface area contributed by atoms with Crippen molar-refractivity contribution in [2.24, 2.45) is 0 Å². The van der Waals surface area contributed by atoms with Gasteiger partial charge in [0.25, 0.3) is 0 Å². The summed E-state index contributed by atoms with van der Waals surface area (Å²) in [7, 11) is -2.26. The molecule has 26 heavy (non-hydrogen) atoms. The molecule has 1 amide bonds. The minimum atomic E-state index is -3.79. The first-order valence-corrected chi connectivity index (χ1v) is 9.68. The van der Waals surface area contributed by atoms with E-state index >= 15 is 0 Å². The van der Waals surface area contributed by atoms with Crippen molar-refractivity contribution in [2.45, 2.75) is 32.2 Å². The fourth-order valence-electron chi connectivity index (χ4n) is 2.60. The molecule has 0 aliphatic rings. The molecule has 2 N–H and O–H groups in total. The molecule has 2 aromatic carbocycles. The number of carbonyl (C=O) groups excluding carboxylic acids is 1. The molecule has 0 aliphatic carbocycles. The van der Waals surface area contributed by atoms with E-state index in [1.807, 2.05) is 31.2 Å². The van der Waals surface area contributed by atoms with Gasteiger partial charge in [-0.05, 0) is 49.6 Å². The normalized spacial score (nSPS) is 11.2. The highest BCUT2D eigenvalue weighted by molar-refractivity contribution is 7.89. The highest BCUT2D eigenvalue weighted by atomic mass is 32.2. The number of ether oxygens (including phenoxy) is 1. The molecule has 7 heteroatoms. The summed E-state index contributed by atoms with van der Waals surface area (Å²) < 4.78 is 32.5. The minimum absolute atomic E-state index is 0.141. The zero-order valence-electron chi connectivity index (χ0n) is 15.4. The van der Waals surface area contributed by atoms with E-state index in [0.717, 1.165) is 11.1 Å². The molecule has 2 rings (SSSR count). The number of aryl methyl sites for hydroxylation is 3. The third-order valence-electron chi connectivity index (χ3n) is 3.98. The maximum Gasteiger partial charge on any atom is 0.241 e. The average molecular weight is 376 g/mol. The van der Waals surface area contributed by atoms with Gasteiger partial charge in [-0.25, -0.2) is 13.1 Å². The summed E-state index contributed by atoms with van der Waals surface area (Å²) in [5.74, 6) is 0.232. The van der Waals surface area contributed by atoms with Crippen LogP contribution < -0.4 is 14.8 Å². The van der Waals surface area contributed by atoms with Gasteiger partial charge in [-0.3, -0.25) is 4.79 Å². The first-order chi connectivity index (χ1) is 12.2. The lowest BCUT2D eigenvalue weighted by Crippen LogP contribution is -2.36. The molecular weight excluding hydrogens is 352 g/mol. The van der Waals surface area contributed by atoms with Crippen LogP contribution in [0.4, 0.5) is 0 Å². The zero-order chi connectivity index (χ0) is 19.3.